The Balaban J connectivity index is 1.43. The second kappa shape index (κ2) is 5.19. The smallest absolute Gasteiger partial charge is 0.254 e. The summed E-state index contributed by atoms with van der Waals surface area (Å²) in [6.45, 7) is 0.732. The molecule has 24 heavy (non-hydrogen) atoms. The molecule has 0 bridgehead atoms. The van der Waals surface area contributed by atoms with Gasteiger partial charge in [-0.1, -0.05) is 5.16 Å². The number of nitrogens with one attached hydrogen (secondary N) is 1. The van der Waals surface area contributed by atoms with Crippen LogP contribution in [0, 0.1) is 0 Å². The van der Waals surface area contributed by atoms with Crippen molar-refractivity contribution in [2.24, 2.45) is 0 Å². The van der Waals surface area contributed by atoms with Crippen molar-refractivity contribution >= 4 is 16.8 Å². The fourth-order valence-corrected chi connectivity index (χ4v) is 3.51. The molecule has 1 aromatic carbocycles. The van der Waals surface area contributed by atoms with E-state index in [0.717, 1.165) is 49.0 Å². The minimum atomic E-state index is -0.0978. The average molecular weight is 322 g/mol. The van der Waals surface area contributed by atoms with Crippen LogP contribution in [-0.2, 0) is 0 Å². The summed E-state index contributed by atoms with van der Waals surface area (Å²) in [7, 11) is 0. The molecular formula is C18H18N4O2. The molecule has 1 amide bonds. The number of aromatic nitrogens is 3. The Bertz CT molecular complexity index is 909. The topological polar surface area (TPSA) is 75.0 Å². The monoisotopic (exact) mass is 322 g/mol. The number of carbonyl (C=O) groups excluding carboxylic acids is 1. The van der Waals surface area contributed by atoms with Gasteiger partial charge in [-0.2, -0.15) is 4.98 Å². The lowest BCUT2D eigenvalue weighted by Crippen LogP contribution is -2.30. The van der Waals surface area contributed by atoms with Gasteiger partial charge in [-0.15, -0.1) is 0 Å². The number of amides is 1. The van der Waals surface area contributed by atoms with Crippen LogP contribution in [0.25, 0.3) is 10.9 Å². The van der Waals surface area contributed by atoms with E-state index in [0.29, 0.717) is 17.4 Å². The quantitative estimate of drug-likeness (QED) is 0.802. The van der Waals surface area contributed by atoms with E-state index in [1.807, 2.05) is 35.4 Å². The van der Waals surface area contributed by atoms with Gasteiger partial charge in [0.25, 0.3) is 5.91 Å². The third-order valence-electron chi connectivity index (χ3n) is 5.00. The van der Waals surface area contributed by atoms with Crippen molar-refractivity contribution in [3.8, 4) is 0 Å². The number of hydrogen-bond donors (Lipinski definition) is 1. The molecule has 2 aliphatic rings. The molecule has 6 nitrogen and oxygen atoms in total. The molecule has 2 fully saturated rings. The van der Waals surface area contributed by atoms with E-state index in [-0.39, 0.29) is 11.9 Å². The molecule has 3 aromatic rings. The highest BCUT2D eigenvalue weighted by molar-refractivity contribution is 5.98. The maximum absolute atomic E-state index is 13.0. The van der Waals surface area contributed by atoms with Crippen LogP contribution in [0.3, 0.4) is 0 Å². The van der Waals surface area contributed by atoms with Gasteiger partial charge < -0.3 is 14.4 Å². The van der Waals surface area contributed by atoms with Gasteiger partial charge in [0.1, 0.15) is 6.04 Å². The normalized spacial score (nSPS) is 20.8. The van der Waals surface area contributed by atoms with Gasteiger partial charge >= 0.3 is 0 Å². The van der Waals surface area contributed by atoms with E-state index >= 15 is 0 Å². The Kier molecular flexibility index (Phi) is 2.98. The molecule has 1 aliphatic heterocycles. The van der Waals surface area contributed by atoms with Crippen LogP contribution in [0.2, 0.25) is 0 Å². The Morgan fingerprint density at radius 2 is 2.17 bits per heavy atom. The van der Waals surface area contributed by atoms with Crippen molar-refractivity contribution in [3.05, 3.63) is 47.7 Å². The summed E-state index contributed by atoms with van der Waals surface area (Å²) in [5.41, 5.74) is 1.74. The first-order chi connectivity index (χ1) is 11.8. The Morgan fingerprint density at radius 3 is 3.04 bits per heavy atom. The van der Waals surface area contributed by atoms with Gasteiger partial charge in [0.05, 0.1) is 0 Å². The molecule has 3 heterocycles. The minimum absolute atomic E-state index is 0.0340. The fraction of sp³-hybridized carbons (Fsp3) is 0.389. The number of likely N-dealkylation sites (tertiary alicyclic amines) is 1. The number of fused-ring (bicyclic) bond motifs is 1. The summed E-state index contributed by atoms with van der Waals surface area (Å²) in [5, 5.41) is 5.14. The lowest BCUT2D eigenvalue weighted by atomic mass is 10.1. The third-order valence-corrected chi connectivity index (χ3v) is 5.00. The summed E-state index contributed by atoms with van der Waals surface area (Å²) in [6.07, 6.45) is 6.01. The largest absolute Gasteiger partial charge is 0.361 e. The predicted octanol–water partition coefficient (Wildman–Crippen LogP) is 3.41. The number of nitrogens with zero attached hydrogens (tertiary/aromatic N) is 3. The molecule has 1 saturated heterocycles. The van der Waals surface area contributed by atoms with Crippen molar-refractivity contribution in [2.75, 3.05) is 6.54 Å². The van der Waals surface area contributed by atoms with Crippen LogP contribution in [0.4, 0.5) is 0 Å². The zero-order chi connectivity index (χ0) is 16.1. The number of benzene rings is 1. The van der Waals surface area contributed by atoms with E-state index in [4.69, 9.17) is 4.52 Å². The van der Waals surface area contributed by atoms with E-state index < -0.39 is 0 Å². The molecule has 0 spiro atoms. The second-order valence-electron chi connectivity index (χ2n) is 6.70. The Morgan fingerprint density at radius 1 is 1.25 bits per heavy atom. The molecule has 1 N–H and O–H groups in total. The van der Waals surface area contributed by atoms with Crippen molar-refractivity contribution < 1.29 is 9.32 Å². The number of rotatable bonds is 3. The number of aromatic amines is 1. The van der Waals surface area contributed by atoms with E-state index in [2.05, 4.69) is 15.1 Å². The summed E-state index contributed by atoms with van der Waals surface area (Å²) in [6, 6.07) is 7.64. The molecule has 2 aromatic heterocycles. The first kappa shape index (κ1) is 13.8. The fourth-order valence-electron chi connectivity index (χ4n) is 3.51. The zero-order valence-corrected chi connectivity index (χ0v) is 13.2. The summed E-state index contributed by atoms with van der Waals surface area (Å²) >= 11 is 0. The maximum atomic E-state index is 13.0. The molecule has 1 unspecified atom stereocenters. The first-order valence-electron chi connectivity index (χ1n) is 8.51. The lowest BCUT2D eigenvalue weighted by Gasteiger charge is -2.22. The van der Waals surface area contributed by atoms with Crippen LogP contribution in [0.5, 0.6) is 0 Å². The van der Waals surface area contributed by atoms with E-state index in [9.17, 15) is 4.79 Å². The van der Waals surface area contributed by atoms with E-state index in [1.54, 1.807) is 0 Å². The molecule has 5 rings (SSSR count). The van der Waals surface area contributed by atoms with Gasteiger partial charge in [0, 0.05) is 35.1 Å². The van der Waals surface area contributed by atoms with Crippen LogP contribution in [-0.4, -0.2) is 32.5 Å². The Hall–Kier alpha value is -2.63. The maximum Gasteiger partial charge on any atom is 0.254 e. The molecule has 1 aliphatic carbocycles. The van der Waals surface area contributed by atoms with Crippen LogP contribution < -0.4 is 0 Å². The molecular weight excluding hydrogens is 304 g/mol. The van der Waals surface area contributed by atoms with E-state index in [1.165, 1.54) is 0 Å². The molecule has 1 saturated carbocycles. The number of H-pyrrole nitrogens is 1. The highest BCUT2D eigenvalue weighted by Gasteiger charge is 2.36. The second-order valence-corrected chi connectivity index (χ2v) is 6.70. The van der Waals surface area contributed by atoms with Gasteiger partial charge in [0.15, 0.2) is 5.82 Å². The van der Waals surface area contributed by atoms with Gasteiger partial charge in [0.2, 0.25) is 5.89 Å². The van der Waals surface area contributed by atoms with Crippen molar-refractivity contribution in [1.29, 1.82) is 0 Å². The molecule has 122 valence electrons. The third kappa shape index (κ3) is 2.21. The summed E-state index contributed by atoms with van der Waals surface area (Å²) in [5.74, 6) is 1.89. The molecule has 0 radical (unpaired) electrons. The molecule has 1 atom stereocenters. The average Bonchev–Trinajstić information content (AvgIpc) is 3.06. The van der Waals surface area contributed by atoms with Crippen LogP contribution in [0.1, 0.15) is 59.7 Å². The summed E-state index contributed by atoms with van der Waals surface area (Å²) < 4.78 is 5.46. The van der Waals surface area contributed by atoms with Crippen molar-refractivity contribution in [3.63, 3.8) is 0 Å². The number of hydrogen-bond acceptors (Lipinski definition) is 4. The highest BCUT2D eigenvalue weighted by Crippen LogP contribution is 2.40. The van der Waals surface area contributed by atoms with Crippen molar-refractivity contribution in [1.82, 2.24) is 20.0 Å². The standard InChI is InChI=1S/C18H18N4O2/c23-18(13-5-6-14-12(10-13)7-8-19-14)22-9-1-2-15(22)17-20-16(21-24-17)11-3-4-11/h5-8,10-11,15,19H,1-4,9H2. The summed E-state index contributed by atoms with van der Waals surface area (Å²) in [4.78, 5) is 22.5. The van der Waals surface area contributed by atoms with Gasteiger partial charge in [-0.3, -0.25) is 4.79 Å². The van der Waals surface area contributed by atoms with Crippen LogP contribution in [0.15, 0.2) is 35.0 Å². The van der Waals surface area contributed by atoms with Gasteiger partial charge in [-0.05, 0) is 49.9 Å². The SMILES string of the molecule is O=C(c1ccc2[nH]ccc2c1)N1CCCC1c1nc(C2CC2)no1. The predicted molar refractivity (Wildman–Crippen MR) is 87.6 cm³/mol. The lowest BCUT2D eigenvalue weighted by molar-refractivity contribution is 0.0710. The highest BCUT2D eigenvalue weighted by atomic mass is 16.5. The van der Waals surface area contributed by atoms with Crippen molar-refractivity contribution in [2.45, 2.75) is 37.6 Å². The molecule has 6 heteroatoms. The Labute approximate surface area is 138 Å². The number of carbonyl (C=O) groups is 1. The van der Waals surface area contributed by atoms with Gasteiger partial charge in [-0.25, -0.2) is 0 Å². The zero-order valence-electron chi connectivity index (χ0n) is 13.2. The minimum Gasteiger partial charge on any atom is -0.361 e. The van der Waals surface area contributed by atoms with Crippen LogP contribution >= 0.6 is 0 Å². The first-order valence-corrected chi connectivity index (χ1v) is 8.51.